The average molecular weight is 524 g/mol. The molecule has 0 aliphatic carbocycles. The van der Waals surface area contributed by atoms with Crippen LogP contribution in [0.2, 0.25) is 0 Å². The maximum absolute atomic E-state index is 13.6. The summed E-state index contributed by atoms with van der Waals surface area (Å²) in [6.45, 7) is 7.56. The molecule has 5 aromatic rings. The van der Waals surface area contributed by atoms with E-state index in [1.807, 2.05) is 37.3 Å². The van der Waals surface area contributed by atoms with Crippen LogP contribution < -0.4 is 10.5 Å². The molecule has 8 nitrogen and oxygen atoms in total. The Morgan fingerprint density at radius 1 is 0.923 bits per heavy atom. The molecule has 1 aliphatic rings. The van der Waals surface area contributed by atoms with Gasteiger partial charge in [0, 0.05) is 42.9 Å². The highest BCUT2D eigenvalue weighted by Gasteiger charge is 2.33. The molecule has 6 rings (SSSR count). The minimum Gasteiger partial charge on any atom is -0.369 e. The predicted octanol–water partition coefficient (Wildman–Crippen LogP) is 4.23. The van der Waals surface area contributed by atoms with Gasteiger partial charge in [0.05, 0.1) is 6.54 Å². The zero-order chi connectivity index (χ0) is 26.9. The van der Waals surface area contributed by atoms with Crippen molar-refractivity contribution in [2.45, 2.75) is 26.4 Å². The third-order valence-corrected chi connectivity index (χ3v) is 7.63. The van der Waals surface area contributed by atoms with Gasteiger partial charge in [-0.25, -0.2) is 9.07 Å². The number of aryl methyl sites for hydroxylation is 2. The van der Waals surface area contributed by atoms with Crippen molar-refractivity contribution in [3.63, 3.8) is 0 Å². The molecule has 0 saturated carbocycles. The lowest BCUT2D eigenvalue weighted by molar-refractivity contribution is 0.200. The fourth-order valence-corrected chi connectivity index (χ4v) is 5.36. The number of halogens is 1. The van der Waals surface area contributed by atoms with Crippen molar-refractivity contribution < 1.29 is 4.39 Å². The van der Waals surface area contributed by atoms with Crippen molar-refractivity contribution in [2.24, 2.45) is 0 Å². The first-order valence-electron chi connectivity index (χ1n) is 13.1. The minimum absolute atomic E-state index is 0.155. The van der Waals surface area contributed by atoms with Gasteiger partial charge in [-0.2, -0.15) is 0 Å². The van der Waals surface area contributed by atoms with Crippen LogP contribution in [0.3, 0.4) is 0 Å². The van der Waals surface area contributed by atoms with E-state index in [-0.39, 0.29) is 11.4 Å². The molecule has 0 spiro atoms. The zero-order valence-electron chi connectivity index (χ0n) is 22.0. The minimum atomic E-state index is -0.451. The third-order valence-electron chi connectivity index (χ3n) is 7.63. The highest BCUT2D eigenvalue weighted by Crippen LogP contribution is 2.29. The van der Waals surface area contributed by atoms with E-state index in [2.05, 4.69) is 55.4 Å². The largest absolute Gasteiger partial charge is 0.369 e. The van der Waals surface area contributed by atoms with Gasteiger partial charge in [0.15, 0.2) is 5.82 Å². The molecule has 2 aromatic heterocycles. The lowest BCUT2D eigenvalue weighted by Gasteiger charge is -2.39. The lowest BCUT2D eigenvalue weighted by atomic mass is 10.00. The number of rotatable bonds is 6. The fourth-order valence-electron chi connectivity index (χ4n) is 5.36. The number of piperazine rings is 1. The second-order valence-electron chi connectivity index (χ2n) is 10.2. The number of aromatic amines is 1. The van der Waals surface area contributed by atoms with Crippen LogP contribution in [0.1, 0.15) is 34.1 Å². The molecule has 198 valence electrons. The summed E-state index contributed by atoms with van der Waals surface area (Å²) in [5.41, 5.74) is 5.61. The number of benzene rings is 3. The molecule has 1 atom stereocenters. The van der Waals surface area contributed by atoms with Gasteiger partial charge in [0.1, 0.15) is 11.9 Å². The Hall–Kier alpha value is -4.37. The van der Waals surface area contributed by atoms with Gasteiger partial charge in [-0.3, -0.25) is 9.69 Å². The quantitative estimate of drug-likeness (QED) is 0.359. The number of H-pyrrole nitrogens is 1. The molecule has 0 unspecified atom stereocenters. The number of hydrogen-bond acceptors (Lipinski definition) is 6. The topological polar surface area (TPSA) is 82.9 Å². The lowest BCUT2D eigenvalue weighted by Crippen LogP contribution is -2.49. The number of pyridine rings is 1. The highest BCUT2D eigenvalue weighted by molar-refractivity contribution is 5.81. The summed E-state index contributed by atoms with van der Waals surface area (Å²) in [5, 5.41) is 13.7. The van der Waals surface area contributed by atoms with E-state index in [9.17, 15) is 9.18 Å². The van der Waals surface area contributed by atoms with Gasteiger partial charge in [0.25, 0.3) is 5.56 Å². The van der Waals surface area contributed by atoms with E-state index in [0.29, 0.717) is 17.9 Å². The van der Waals surface area contributed by atoms with E-state index in [1.54, 1.807) is 16.8 Å². The smallest absolute Gasteiger partial charge is 0.253 e. The first-order valence-corrected chi connectivity index (χ1v) is 13.1. The van der Waals surface area contributed by atoms with Gasteiger partial charge >= 0.3 is 0 Å². The summed E-state index contributed by atoms with van der Waals surface area (Å²) in [6, 6.07) is 22.3. The predicted molar refractivity (Wildman–Crippen MR) is 149 cm³/mol. The molecule has 3 heterocycles. The number of nitrogens with zero attached hydrogens (tertiary/aromatic N) is 6. The number of hydrogen-bond donors (Lipinski definition) is 1. The molecular weight excluding hydrogens is 493 g/mol. The van der Waals surface area contributed by atoms with Crippen molar-refractivity contribution in [1.29, 1.82) is 0 Å². The molecule has 1 saturated heterocycles. The van der Waals surface area contributed by atoms with Crippen molar-refractivity contribution in [3.8, 4) is 0 Å². The molecule has 0 bridgehead atoms. The molecule has 39 heavy (non-hydrogen) atoms. The molecule has 1 fully saturated rings. The summed E-state index contributed by atoms with van der Waals surface area (Å²) >= 11 is 0. The van der Waals surface area contributed by atoms with Crippen LogP contribution in [-0.2, 0) is 6.54 Å². The van der Waals surface area contributed by atoms with Gasteiger partial charge in [-0.15, -0.1) is 5.10 Å². The molecule has 1 N–H and O–H groups in total. The highest BCUT2D eigenvalue weighted by atomic mass is 19.1. The molecular formula is C30H30FN7O. The molecule has 0 radical (unpaired) electrons. The van der Waals surface area contributed by atoms with Gasteiger partial charge in [-0.1, -0.05) is 30.3 Å². The number of anilines is 1. The second-order valence-corrected chi connectivity index (χ2v) is 10.2. The first kappa shape index (κ1) is 24.9. The SMILES string of the molecule is Cc1cc2cc([C@H](c3nnnn3Cc3ccc(F)cc3)N3CCN(c4ccccc4)CC3)c(=O)[nH]c2cc1C. The summed E-state index contributed by atoms with van der Waals surface area (Å²) in [4.78, 5) is 21.3. The summed E-state index contributed by atoms with van der Waals surface area (Å²) < 4.78 is 15.2. The molecule has 1 aliphatic heterocycles. The number of aromatic nitrogens is 5. The Balaban J connectivity index is 1.40. The third kappa shape index (κ3) is 5.05. The number of nitrogens with one attached hydrogen (secondary N) is 1. The van der Waals surface area contributed by atoms with Gasteiger partial charge in [-0.05, 0) is 88.8 Å². The van der Waals surface area contributed by atoms with Crippen molar-refractivity contribution >= 4 is 16.6 Å². The maximum atomic E-state index is 13.6. The first-order chi connectivity index (χ1) is 19.0. The van der Waals surface area contributed by atoms with E-state index in [1.165, 1.54) is 17.8 Å². The van der Waals surface area contributed by atoms with Crippen LogP contribution in [-0.4, -0.2) is 56.3 Å². The van der Waals surface area contributed by atoms with E-state index < -0.39 is 6.04 Å². The summed E-state index contributed by atoms with van der Waals surface area (Å²) in [7, 11) is 0. The van der Waals surface area contributed by atoms with E-state index in [0.717, 1.165) is 53.8 Å². The Kier molecular flexibility index (Phi) is 6.66. The Morgan fingerprint density at radius 2 is 1.64 bits per heavy atom. The van der Waals surface area contributed by atoms with Crippen LogP contribution in [0.25, 0.3) is 10.9 Å². The number of fused-ring (bicyclic) bond motifs is 1. The number of tetrazole rings is 1. The van der Waals surface area contributed by atoms with Crippen LogP contribution in [0.15, 0.2) is 77.6 Å². The monoisotopic (exact) mass is 523 g/mol. The molecule has 0 amide bonds. The van der Waals surface area contributed by atoms with Crippen LogP contribution in [0, 0.1) is 19.7 Å². The zero-order valence-corrected chi connectivity index (χ0v) is 22.0. The van der Waals surface area contributed by atoms with Crippen LogP contribution >= 0.6 is 0 Å². The van der Waals surface area contributed by atoms with Gasteiger partial charge in [0.2, 0.25) is 0 Å². The molecule has 3 aromatic carbocycles. The Morgan fingerprint density at radius 3 is 2.38 bits per heavy atom. The summed E-state index contributed by atoms with van der Waals surface area (Å²) in [6.07, 6.45) is 0. The van der Waals surface area contributed by atoms with E-state index >= 15 is 0 Å². The van der Waals surface area contributed by atoms with E-state index in [4.69, 9.17) is 0 Å². The maximum Gasteiger partial charge on any atom is 0.253 e. The normalized spacial score (nSPS) is 15.1. The van der Waals surface area contributed by atoms with Crippen molar-refractivity contribution in [1.82, 2.24) is 30.1 Å². The number of para-hydroxylation sites is 1. The average Bonchev–Trinajstić information content (AvgIpc) is 3.40. The van der Waals surface area contributed by atoms with Crippen molar-refractivity contribution in [3.05, 3.63) is 117 Å². The van der Waals surface area contributed by atoms with Crippen LogP contribution in [0.5, 0.6) is 0 Å². The Labute approximate surface area is 225 Å². The van der Waals surface area contributed by atoms with Gasteiger partial charge < -0.3 is 9.88 Å². The summed E-state index contributed by atoms with van der Waals surface area (Å²) in [5.74, 6) is 0.291. The second kappa shape index (κ2) is 10.4. The Bertz CT molecular complexity index is 1660. The molecule has 9 heteroatoms. The standard InChI is InChI=1S/C30H30FN7O/c1-20-16-23-18-26(30(39)32-27(23)17-21(20)2)28(37-14-12-36(13-15-37)25-6-4-3-5-7-25)29-33-34-35-38(29)19-22-8-10-24(31)11-9-22/h3-11,16-18,28H,12-15,19H2,1-2H3,(H,32,39)/t28-/m1/s1. The van der Waals surface area contributed by atoms with Crippen LogP contribution in [0.4, 0.5) is 10.1 Å². The fraction of sp³-hybridized carbons (Fsp3) is 0.267. The van der Waals surface area contributed by atoms with Crippen molar-refractivity contribution in [2.75, 3.05) is 31.1 Å².